The molecule has 0 aliphatic carbocycles. The molecule has 1 aromatic heterocycles. The number of rotatable bonds is 12. The molecule has 0 saturated carbocycles. The van der Waals surface area contributed by atoms with E-state index in [2.05, 4.69) is 88.6 Å². The Morgan fingerprint density at radius 2 is 1.63 bits per heavy atom. The lowest BCUT2D eigenvalue weighted by Crippen LogP contribution is -2.57. The summed E-state index contributed by atoms with van der Waals surface area (Å²) in [5.74, 6) is 0.233. The summed E-state index contributed by atoms with van der Waals surface area (Å²) in [5, 5.41) is 21.7. The number of likely N-dealkylation sites (N-methyl/N-ethyl adjacent to an activating group) is 1. The highest BCUT2D eigenvalue weighted by molar-refractivity contribution is 6.90. The zero-order valence-corrected chi connectivity index (χ0v) is 39.3. The van der Waals surface area contributed by atoms with Crippen LogP contribution in [-0.4, -0.2) is 101 Å². The molecule has 4 heterocycles. The fourth-order valence-corrected chi connectivity index (χ4v) is 16.4. The topological polar surface area (TPSA) is 102 Å². The number of aromatic nitrogens is 2. The second-order valence-corrected chi connectivity index (χ2v) is 25.6. The van der Waals surface area contributed by atoms with Gasteiger partial charge in [-0.3, -0.25) is 14.6 Å². The van der Waals surface area contributed by atoms with Crippen LogP contribution < -0.4 is 9.64 Å². The van der Waals surface area contributed by atoms with E-state index in [-0.39, 0.29) is 80.0 Å². The minimum atomic E-state index is -2.37. The van der Waals surface area contributed by atoms with Gasteiger partial charge in [-0.25, -0.2) is 13.2 Å². The van der Waals surface area contributed by atoms with Gasteiger partial charge < -0.3 is 19.8 Å². The van der Waals surface area contributed by atoms with Crippen molar-refractivity contribution >= 4 is 41.5 Å². The molecule has 9 nitrogen and oxygen atoms in total. The van der Waals surface area contributed by atoms with E-state index in [4.69, 9.17) is 9.72 Å². The van der Waals surface area contributed by atoms with Crippen LogP contribution in [0.4, 0.5) is 19.0 Å². The van der Waals surface area contributed by atoms with Crippen molar-refractivity contribution in [1.29, 1.82) is 0 Å². The first kappa shape index (κ1) is 45.6. The molecule has 4 atom stereocenters. The van der Waals surface area contributed by atoms with Gasteiger partial charge in [0.05, 0.1) is 22.1 Å². The van der Waals surface area contributed by atoms with Crippen LogP contribution >= 0.6 is 0 Å². The highest BCUT2D eigenvalue weighted by atomic mass is 28.3. The molecule has 3 aliphatic heterocycles. The zero-order chi connectivity index (χ0) is 45.2. The quantitative estimate of drug-likeness (QED) is 0.106. The van der Waals surface area contributed by atoms with Gasteiger partial charge in [-0.15, -0.1) is 5.54 Å². The van der Waals surface area contributed by atoms with Crippen LogP contribution in [0, 0.1) is 40.2 Å². The van der Waals surface area contributed by atoms with E-state index in [9.17, 15) is 15.0 Å². The third-order valence-corrected chi connectivity index (χ3v) is 21.3. The molecule has 0 radical (unpaired) electrons. The molecule has 2 bridgehead atoms. The molecule has 334 valence electrons. The van der Waals surface area contributed by atoms with E-state index in [1.807, 2.05) is 4.90 Å². The number of phenolic OH excluding ortho intramolecular Hbond substituents is 1. The van der Waals surface area contributed by atoms with Crippen LogP contribution in [0.1, 0.15) is 101 Å². The number of anilines is 1. The van der Waals surface area contributed by atoms with Gasteiger partial charge >= 0.3 is 12.0 Å². The minimum Gasteiger partial charge on any atom is -0.508 e. The number of phenols is 1. The molecule has 0 amide bonds. The van der Waals surface area contributed by atoms with Crippen molar-refractivity contribution in [3.63, 3.8) is 0 Å². The Kier molecular flexibility index (Phi) is 12.5. The number of carbonyl (C=O) groups is 1. The maximum absolute atomic E-state index is 17.7. The van der Waals surface area contributed by atoms with E-state index in [0.717, 1.165) is 32.4 Å². The number of nitrogens with zero attached hydrogens (tertiary/aromatic N) is 5. The number of aliphatic carboxylic acids is 1. The van der Waals surface area contributed by atoms with Crippen molar-refractivity contribution in [2.75, 3.05) is 44.2 Å². The standard InChI is InChI=1S/C49H64F3N5O4Si/c1-12-56-19-17-31(8)49(56,11)27-61-47-53-44-38(45(54-47)55-24-33-14-15-34(25-55)57(33)26-48(9,10)46(59)60)23-40(51)42(43(44)52)37-22-35(58)21-32-13-16-39(50)36(41(32)37)18-20-62(28(2)3,29(4)5)30(6)7/h13,16,21-23,28-31,33-34,58H,12,14-15,17,19,24-27H2,1-11H3,(H,59,60)/t31-,33-,34+,49-/m0/s1. The van der Waals surface area contributed by atoms with Gasteiger partial charge in [-0.2, -0.15) is 9.97 Å². The Hall–Kier alpha value is -4.38. The summed E-state index contributed by atoms with van der Waals surface area (Å²) in [6.07, 6.45) is 2.70. The van der Waals surface area contributed by atoms with Crippen molar-refractivity contribution < 1.29 is 32.9 Å². The van der Waals surface area contributed by atoms with Crippen molar-refractivity contribution in [2.24, 2.45) is 11.3 Å². The molecule has 2 N–H and O–H groups in total. The number of fused-ring (bicyclic) bond motifs is 4. The molecule has 4 aromatic rings. The molecule has 0 spiro atoms. The van der Waals surface area contributed by atoms with Crippen molar-refractivity contribution in [3.8, 4) is 34.4 Å². The minimum absolute atomic E-state index is 0.00376. The Labute approximate surface area is 366 Å². The molecular weight excluding hydrogens is 808 g/mol. The van der Waals surface area contributed by atoms with Gasteiger partial charge in [0.25, 0.3) is 0 Å². The summed E-state index contributed by atoms with van der Waals surface area (Å²) in [6.45, 7) is 26.2. The number of halogens is 3. The molecule has 7 rings (SSSR count). The Bertz CT molecular complexity index is 2410. The average molecular weight is 872 g/mol. The smallest absolute Gasteiger partial charge is 0.319 e. The second kappa shape index (κ2) is 17.0. The molecule has 62 heavy (non-hydrogen) atoms. The van der Waals surface area contributed by atoms with E-state index in [0.29, 0.717) is 36.8 Å². The zero-order valence-electron chi connectivity index (χ0n) is 38.3. The normalized spacial score (nSPS) is 22.4. The fourth-order valence-electron chi connectivity index (χ4n) is 11.2. The first-order valence-electron chi connectivity index (χ1n) is 22.4. The Balaban J connectivity index is 1.41. The number of benzene rings is 3. The molecule has 13 heteroatoms. The van der Waals surface area contributed by atoms with Crippen LogP contribution in [0.15, 0.2) is 30.3 Å². The van der Waals surface area contributed by atoms with Gasteiger partial charge in [-0.1, -0.05) is 67.4 Å². The number of piperazine rings is 1. The van der Waals surface area contributed by atoms with Gasteiger partial charge in [0.1, 0.15) is 43.4 Å². The first-order valence-corrected chi connectivity index (χ1v) is 24.7. The maximum Gasteiger partial charge on any atom is 0.319 e. The van der Waals surface area contributed by atoms with Crippen LogP contribution in [0.25, 0.3) is 32.8 Å². The Morgan fingerprint density at radius 1 is 0.984 bits per heavy atom. The highest BCUT2D eigenvalue weighted by Crippen LogP contribution is 2.45. The number of carboxylic acid groups (broad SMARTS) is 1. The molecule has 3 aromatic carbocycles. The predicted octanol–water partition coefficient (Wildman–Crippen LogP) is 10.4. The number of hydrogen-bond donors (Lipinski definition) is 2. The number of aromatic hydroxyl groups is 1. The van der Waals surface area contributed by atoms with Gasteiger partial charge in [-0.05, 0) is 105 Å². The molecular formula is C49H64F3N5O4Si. The lowest BCUT2D eigenvalue weighted by Gasteiger charge is -2.44. The van der Waals surface area contributed by atoms with E-state index < -0.39 is 42.5 Å². The number of likely N-dealkylation sites (tertiary alicyclic amines) is 1. The fraction of sp³-hybridized carbons (Fsp3) is 0.571. The third kappa shape index (κ3) is 7.82. The number of ether oxygens (including phenoxy) is 1. The maximum atomic E-state index is 17.7. The number of hydrogen-bond acceptors (Lipinski definition) is 8. The van der Waals surface area contributed by atoms with E-state index in [1.165, 1.54) is 30.3 Å². The SMILES string of the molecule is CCN1CC[C@H](C)[C@]1(C)COc1nc(N2C[C@H]3CC[C@@H](C2)N3CC(C)(C)C(=O)O)c2cc(F)c(-c3cc(O)cc4ccc(F)c(C#C[Si](C(C)C)(C(C)C)C(C)C)c34)c(F)c2n1. The summed E-state index contributed by atoms with van der Waals surface area (Å²) < 4.78 is 57.5. The highest BCUT2D eigenvalue weighted by Gasteiger charge is 2.46. The lowest BCUT2D eigenvalue weighted by molar-refractivity contribution is -0.148. The molecule has 3 aliphatic rings. The predicted molar refractivity (Wildman–Crippen MR) is 244 cm³/mol. The first-order chi connectivity index (χ1) is 29.1. The summed E-state index contributed by atoms with van der Waals surface area (Å²) in [5.41, 5.74) is 2.46. The summed E-state index contributed by atoms with van der Waals surface area (Å²) in [7, 11) is -2.37. The molecule has 3 fully saturated rings. The third-order valence-electron chi connectivity index (χ3n) is 15.0. The van der Waals surface area contributed by atoms with Crippen molar-refractivity contribution in [2.45, 2.75) is 130 Å². The van der Waals surface area contributed by atoms with Gasteiger partial charge in [0.15, 0.2) is 5.82 Å². The van der Waals surface area contributed by atoms with E-state index >= 15 is 13.2 Å². The van der Waals surface area contributed by atoms with Crippen LogP contribution in [0.5, 0.6) is 11.8 Å². The van der Waals surface area contributed by atoms with Gasteiger partial charge in [0, 0.05) is 48.1 Å². The molecule has 0 unspecified atom stereocenters. The average Bonchev–Trinajstić information content (AvgIpc) is 3.59. The monoisotopic (exact) mass is 871 g/mol. The van der Waals surface area contributed by atoms with Gasteiger partial charge in [0.2, 0.25) is 0 Å². The largest absolute Gasteiger partial charge is 0.508 e. The Morgan fingerprint density at radius 3 is 2.23 bits per heavy atom. The summed E-state index contributed by atoms with van der Waals surface area (Å²) in [6, 6.07) is 6.72. The van der Waals surface area contributed by atoms with Crippen LogP contribution in [-0.2, 0) is 4.79 Å². The second-order valence-electron chi connectivity index (χ2n) is 20.0. The lowest BCUT2D eigenvalue weighted by atomic mass is 9.89. The van der Waals surface area contributed by atoms with Crippen LogP contribution in [0.3, 0.4) is 0 Å². The van der Waals surface area contributed by atoms with E-state index in [1.54, 1.807) is 13.8 Å². The number of carboxylic acids is 1. The van der Waals surface area contributed by atoms with Crippen molar-refractivity contribution in [3.05, 3.63) is 53.3 Å². The van der Waals surface area contributed by atoms with Crippen molar-refractivity contribution in [1.82, 2.24) is 19.8 Å². The molecule has 3 saturated heterocycles. The van der Waals surface area contributed by atoms with Crippen LogP contribution in [0.2, 0.25) is 16.6 Å². The summed E-state index contributed by atoms with van der Waals surface area (Å²) >= 11 is 0. The summed E-state index contributed by atoms with van der Waals surface area (Å²) in [4.78, 5) is 28.4.